The lowest BCUT2D eigenvalue weighted by Gasteiger charge is -2.29. The Balaban J connectivity index is 1.63. The van der Waals surface area contributed by atoms with Crippen molar-refractivity contribution >= 4 is 38.9 Å². The number of likely N-dealkylation sites (tertiary alicyclic amines) is 1. The number of hydrogen-bond donors (Lipinski definition) is 1. The molecule has 0 saturated carbocycles. The molecule has 1 saturated heterocycles. The summed E-state index contributed by atoms with van der Waals surface area (Å²) in [5, 5.41) is 10.4. The van der Waals surface area contributed by atoms with E-state index < -0.39 is 0 Å². The summed E-state index contributed by atoms with van der Waals surface area (Å²) >= 11 is 1.57. The molecule has 28 heavy (non-hydrogen) atoms. The highest BCUT2D eigenvalue weighted by atomic mass is 32.1. The Morgan fingerprint density at radius 1 is 1.39 bits per heavy atom. The van der Waals surface area contributed by atoms with Crippen LogP contribution in [0, 0.1) is 0 Å². The van der Waals surface area contributed by atoms with Crippen molar-refractivity contribution in [2.24, 2.45) is 0 Å². The van der Waals surface area contributed by atoms with Crippen LogP contribution in [0.5, 0.6) is 0 Å². The summed E-state index contributed by atoms with van der Waals surface area (Å²) in [6.07, 6.45) is 0.997. The summed E-state index contributed by atoms with van der Waals surface area (Å²) in [5.74, 6) is 0.545. The van der Waals surface area contributed by atoms with Crippen LogP contribution in [0.3, 0.4) is 0 Å². The molecule has 1 aliphatic rings. The number of rotatable bonds is 4. The molecular formula is C19H23N5O3S. The Morgan fingerprint density at radius 2 is 2.18 bits per heavy atom. The molecule has 0 aromatic carbocycles. The van der Waals surface area contributed by atoms with Crippen molar-refractivity contribution in [3.05, 3.63) is 33.7 Å². The molecule has 1 unspecified atom stereocenters. The Morgan fingerprint density at radius 3 is 2.89 bits per heavy atom. The second-order valence-electron chi connectivity index (χ2n) is 7.59. The topological polar surface area (TPSA) is 88.7 Å². The average molecular weight is 401 g/mol. The third-order valence-electron chi connectivity index (χ3n) is 5.15. The fourth-order valence-electron chi connectivity index (χ4n) is 3.61. The molecule has 1 fully saturated rings. The van der Waals surface area contributed by atoms with Gasteiger partial charge in [-0.05, 0) is 23.9 Å². The lowest BCUT2D eigenvalue weighted by atomic mass is 10.1. The van der Waals surface area contributed by atoms with Gasteiger partial charge in [0.05, 0.1) is 0 Å². The van der Waals surface area contributed by atoms with Gasteiger partial charge in [-0.2, -0.15) is 5.10 Å². The molecule has 8 nitrogen and oxygen atoms in total. The molecule has 0 bridgehead atoms. The molecule has 148 valence electrons. The first-order valence-electron chi connectivity index (χ1n) is 9.38. The fourth-order valence-corrected chi connectivity index (χ4v) is 4.51. The van der Waals surface area contributed by atoms with Gasteiger partial charge in [-0.25, -0.2) is 4.68 Å². The van der Waals surface area contributed by atoms with Gasteiger partial charge in [0.25, 0.3) is 5.56 Å². The summed E-state index contributed by atoms with van der Waals surface area (Å²) in [6.45, 7) is 4.49. The van der Waals surface area contributed by atoms with E-state index in [-0.39, 0.29) is 42.3 Å². The molecule has 3 aromatic rings. The van der Waals surface area contributed by atoms with Crippen molar-refractivity contribution in [2.45, 2.75) is 45.2 Å². The van der Waals surface area contributed by atoms with Crippen LogP contribution < -0.4 is 10.9 Å². The van der Waals surface area contributed by atoms with Gasteiger partial charge in [0, 0.05) is 37.4 Å². The SMILES string of the molecule is CC(C)c1nn(CC(=O)NC2CCN(C)C(=O)C2)c(=O)c2cc3ccsc3n12. The number of hydrogen-bond acceptors (Lipinski definition) is 5. The molecule has 0 radical (unpaired) electrons. The molecule has 9 heteroatoms. The maximum Gasteiger partial charge on any atom is 0.291 e. The van der Waals surface area contributed by atoms with Crippen LogP contribution in [-0.2, 0) is 16.1 Å². The smallest absolute Gasteiger partial charge is 0.291 e. The Bertz CT molecular complexity index is 1130. The summed E-state index contributed by atoms with van der Waals surface area (Å²) in [7, 11) is 1.76. The van der Waals surface area contributed by atoms with Crippen molar-refractivity contribution in [2.75, 3.05) is 13.6 Å². The molecule has 1 N–H and O–H groups in total. The molecule has 4 heterocycles. The van der Waals surface area contributed by atoms with Crippen LogP contribution in [0.4, 0.5) is 0 Å². The van der Waals surface area contributed by atoms with Crippen LogP contribution >= 0.6 is 11.3 Å². The maximum atomic E-state index is 12.9. The van der Waals surface area contributed by atoms with Gasteiger partial charge < -0.3 is 10.2 Å². The zero-order valence-corrected chi connectivity index (χ0v) is 17.0. The van der Waals surface area contributed by atoms with E-state index in [9.17, 15) is 14.4 Å². The van der Waals surface area contributed by atoms with E-state index in [0.717, 1.165) is 16.0 Å². The Labute approximate surface area is 165 Å². The zero-order chi connectivity index (χ0) is 20.0. The molecule has 3 aromatic heterocycles. The number of amides is 2. The number of nitrogens with zero attached hydrogens (tertiary/aromatic N) is 4. The lowest BCUT2D eigenvalue weighted by molar-refractivity contribution is -0.133. The monoisotopic (exact) mass is 401 g/mol. The van der Waals surface area contributed by atoms with Crippen LogP contribution in [0.2, 0.25) is 0 Å². The van der Waals surface area contributed by atoms with Crippen LogP contribution in [0.15, 0.2) is 22.3 Å². The largest absolute Gasteiger partial charge is 0.351 e. The number of fused-ring (bicyclic) bond motifs is 3. The summed E-state index contributed by atoms with van der Waals surface area (Å²) < 4.78 is 3.14. The summed E-state index contributed by atoms with van der Waals surface area (Å²) in [4.78, 5) is 39.9. The van der Waals surface area contributed by atoms with E-state index in [1.54, 1.807) is 23.3 Å². The second-order valence-corrected chi connectivity index (χ2v) is 8.49. The standard InChI is InChI=1S/C19H23N5O3S/c1-11(2)17-21-23(10-15(25)20-13-4-6-22(3)16(26)9-13)18(27)14-8-12-5-7-28-19(12)24(14)17/h5,7-8,11,13H,4,6,9-10H2,1-3H3,(H,20,25). The van der Waals surface area contributed by atoms with Crippen LogP contribution in [-0.4, -0.2) is 50.5 Å². The van der Waals surface area contributed by atoms with E-state index >= 15 is 0 Å². The van der Waals surface area contributed by atoms with E-state index in [2.05, 4.69) is 10.4 Å². The van der Waals surface area contributed by atoms with Gasteiger partial charge in [-0.15, -0.1) is 11.3 Å². The van der Waals surface area contributed by atoms with Crippen molar-refractivity contribution < 1.29 is 9.59 Å². The van der Waals surface area contributed by atoms with E-state index in [1.807, 2.05) is 35.8 Å². The van der Waals surface area contributed by atoms with Gasteiger partial charge in [0.15, 0.2) is 0 Å². The van der Waals surface area contributed by atoms with Crippen molar-refractivity contribution in [3.8, 4) is 0 Å². The molecule has 1 atom stereocenters. The average Bonchev–Trinajstić information content (AvgIpc) is 3.22. The maximum absolute atomic E-state index is 12.9. The molecular weight excluding hydrogens is 378 g/mol. The third kappa shape index (κ3) is 3.19. The van der Waals surface area contributed by atoms with E-state index in [1.165, 1.54) is 4.68 Å². The minimum Gasteiger partial charge on any atom is -0.351 e. The molecule has 4 rings (SSSR count). The fraction of sp³-hybridized carbons (Fsp3) is 0.474. The van der Waals surface area contributed by atoms with Crippen molar-refractivity contribution in [1.29, 1.82) is 0 Å². The van der Waals surface area contributed by atoms with E-state index in [4.69, 9.17) is 0 Å². The number of piperidine rings is 1. The Kier molecular flexibility index (Phi) is 4.70. The number of aromatic nitrogens is 3. The number of carbonyl (C=O) groups excluding carboxylic acids is 2. The predicted molar refractivity (Wildman–Crippen MR) is 108 cm³/mol. The van der Waals surface area contributed by atoms with Gasteiger partial charge >= 0.3 is 0 Å². The summed E-state index contributed by atoms with van der Waals surface area (Å²) in [6, 6.07) is 3.63. The van der Waals surface area contributed by atoms with E-state index in [0.29, 0.717) is 18.5 Å². The minimum absolute atomic E-state index is 0.0172. The molecule has 2 amide bonds. The first kappa shape index (κ1) is 18.7. The number of nitrogens with one attached hydrogen (secondary N) is 1. The highest BCUT2D eigenvalue weighted by molar-refractivity contribution is 7.16. The third-order valence-corrected chi connectivity index (χ3v) is 6.06. The first-order chi connectivity index (χ1) is 13.3. The van der Waals surface area contributed by atoms with Crippen molar-refractivity contribution in [1.82, 2.24) is 24.4 Å². The Hall–Kier alpha value is -2.68. The highest BCUT2D eigenvalue weighted by Crippen LogP contribution is 2.26. The van der Waals surface area contributed by atoms with Crippen molar-refractivity contribution in [3.63, 3.8) is 0 Å². The van der Waals surface area contributed by atoms with Gasteiger partial charge in [-0.3, -0.25) is 18.8 Å². The molecule has 0 aliphatic carbocycles. The van der Waals surface area contributed by atoms with Crippen LogP contribution in [0.1, 0.15) is 38.4 Å². The molecule has 1 aliphatic heterocycles. The lowest BCUT2D eigenvalue weighted by Crippen LogP contribution is -2.47. The van der Waals surface area contributed by atoms with Crippen LogP contribution in [0.25, 0.3) is 15.7 Å². The first-order valence-corrected chi connectivity index (χ1v) is 10.3. The minimum atomic E-state index is -0.302. The predicted octanol–water partition coefficient (Wildman–Crippen LogP) is 1.57. The van der Waals surface area contributed by atoms with Gasteiger partial charge in [0.1, 0.15) is 22.7 Å². The summed E-state index contributed by atoms with van der Waals surface area (Å²) in [5.41, 5.74) is 0.241. The quantitative estimate of drug-likeness (QED) is 0.719. The zero-order valence-electron chi connectivity index (χ0n) is 16.1. The number of thiophene rings is 1. The number of carbonyl (C=O) groups is 2. The normalized spacial score (nSPS) is 17.8. The highest BCUT2D eigenvalue weighted by Gasteiger charge is 2.25. The van der Waals surface area contributed by atoms with Gasteiger partial charge in [-0.1, -0.05) is 13.8 Å². The second kappa shape index (κ2) is 7.05. The molecule has 0 spiro atoms. The van der Waals surface area contributed by atoms with Gasteiger partial charge in [0.2, 0.25) is 11.8 Å².